The van der Waals surface area contributed by atoms with Gasteiger partial charge in [0.05, 0.1) is 5.56 Å². The Hall–Kier alpha value is -2.30. The highest BCUT2D eigenvalue weighted by Gasteiger charge is 2.27. The van der Waals surface area contributed by atoms with E-state index < -0.39 is 0 Å². The molecule has 0 aliphatic carbocycles. The molecule has 1 aliphatic rings. The summed E-state index contributed by atoms with van der Waals surface area (Å²) in [7, 11) is 1.97. The number of para-hydroxylation sites is 1. The van der Waals surface area contributed by atoms with Crippen molar-refractivity contribution in [2.45, 2.75) is 33.1 Å². The maximum Gasteiger partial charge on any atom is 0.256 e. The van der Waals surface area contributed by atoms with Crippen LogP contribution in [0.15, 0.2) is 30.5 Å². The normalized spacial score (nSPS) is 15.5. The number of aromatic nitrogens is 1. The number of nitrogens with zero attached hydrogens (tertiary/aromatic N) is 3. The van der Waals surface area contributed by atoms with E-state index in [1.807, 2.05) is 51.9 Å². The predicted octanol–water partition coefficient (Wildman–Crippen LogP) is 3.29. The SMILES string of the molecule is CCC(CC)C(=O)N1CCCN(C(=O)c2cn(C)c3ccccc23)CC1. The van der Waals surface area contributed by atoms with E-state index in [0.717, 1.165) is 42.3 Å². The largest absolute Gasteiger partial charge is 0.350 e. The Balaban J connectivity index is 1.74. The van der Waals surface area contributed by atoms with Crippen molar-refractivity contribution in [2.75, 3.05) is 26.2 Å². The molecule has 1 aliphatic heterocycles. The molecule has 5 heteroatoms. The van der Waals surface area contributed by atoms with Gasteiger partial charge in [0.2, 0.25) is 5.91 Å². The third kappa shape index (κ3) is 3.48. The third-order valence-electron chi connectivity index (χ3n) is 5.56. The standard InChI is InChI=1S/C21H29N3O2/c1-4-16(5-2)20(25)23-11-8-12-24(14-13-23)21(26)18-15-22(3)19-10-7-6-9-17(18)19/h6-7,9-10,15-16H,4-5,8,11-14H2,1-3H3. The lowest BCUT2D eigenvalue weighted by Gasteiger charge is -2.25. The van der Waals surface area contributed by atoms with Crippen LogP contribution >= 0.6 is 0 Å². The van der Waals surface area contributed by atoms with Gasteiger partial charge in [-0.3, -0.25) is 9.59 Å². The predicted molar refractivity (Wildman–Crippen MR) is 104 cm³/mol. The Morgan fingerprint density at radius 2 is 1.65 bits per heavy atom. The van der Waals surface area contributed by atoms with Gasteiger partial charge in [0.25, 0.3) is 5.91 Å². The number of benzene rings is 1. The number of aryl methyl sites for hydroxylation is 1. The van der Waals surface area contributed by atoms with Gasteiger partial charge in [0.1, 0.15) is 0 Å². The summed E-state index contributed by atoms with van der Waals surface area (Å²) in [6.07, 6.45) is 4.52. The first kappa shape index (κ1) is 18.5. The lowest BCUT2D eigenvalue weighted by Crippen LogP contribution is -2.39. The van der Waals surface area contributed by atoms with E-state index in [9.17, 15) is 9.59 Å². The highest BCUT2D eigenvalue weighted by atomic mass is 16.2. The number of carbonyl (C=O) groups excluding carboxylic acids is 2. The summed E-state index contributed by atoms with van der Waals surface area (Å²) in [6.45, 7) is 6.82. The zero-order valence-electron chi connectivity index (χ0n) is 16.1. The zero-order chi connectivity index (χ0) is 18.7. The second-order valence-corrected chi connectivity index (χ2v) is 7.16. The van der Waals surface area contributed by atoms with Crippen molar-refractivity contribution in [2.24, 2.45) is 13.0 Å². The molecule has 0 unspecified atom stereocenters. The molecule has 1 aromatic carbocycles. The number of carbonyl (C=O) groups is 2. The van der Waals surface area contributed by atoms with E-state index in [1.165, 1.54) is 0 Å². The number of amides is 2. The minimum atomic E-state index is 0.0682. The van der Waals surface area contributed by atoms with Crippen LogP contribution in [0.5, 0.6) is 0 Å². The molecule has 140 valence electrons. The van der Waals surface area contributed by atoms with Crippen LogP contribution in [0.25, 0.3) is 10.9 Å². The van der Waals surface area contributed by atoms with E-state index in [4.69, 9.17) is 0 Å². The van der Waals surface area contributed by atoms with Crippen molar-refractivity contribution in [3.63, 3.8) is 0 Å². The van der Waals surface area contributed by atoms with Gasteiger partial charge >= 0.3 is 0 Å². The second-order valence-electron chi connectivity index (χ2n) is 7.16. The molecule has 0 atom stereocenters. The average molecular weight is 355 g/mol. The van der Waals surface area contributed by atoms with Gasteiger partial charge in [0, 0.05) is 56.2 Å². The molecular weight excluding hydrogens is 326 g/mol. The molecule has 1 fully saturated rings. The third-order valence-corrected chi connectivity index (χ3v) is 5.56. The van der Waals surface area contributed by atoms with Crippen molar-refractivity contribution in [3.8, 4) is 0 Å². The Morgan fingerprint density at radius 1 is 1.00 bits per heavy atom. The first-order valence-electron chi connectivity index (χ1n) is 9.68. The Morgan fingerprint density at radius 3 is 2.38 bits per heavy atom. The van der Waals surface area contributed by atoms with Crippen molar-refractivity contribution >= 4 is 22.7 Å². The molecule has 0 saturated carbocycles. The molecule has 2 aromatic rings. The number of fused-ring (bicyclic) bond motifs is 1. The van der Waals surface area contributed by atoms with Crippen LogP contribution < -0.4 is 0 Å². The molecule has 26 heavy (non-hydrogen) atoms. The number of rotatable bonds is 4. The van der Waals surface area contributed by atoms with Crippen molar-refractivity contribution in [1.29, 1.82) is 0 Å². The molecule has 0 radical (unpaired) electrons. The van der Waals surface area contributed by atoms with Gasteiger partial charge in [0.15, 0.2) is 0 Å². The highest BCUT2D eigenvalue weighted by Crippen LogP contribution is 2.22. The topological polar surface area (TPSA) is 45.6 Å². The Labute approximate surface area is 155 Å². The van der Waals surface area contributed by atoms with Crippen LogP contribution in [0.3, 0.4) is 0 Å². The Kier molecular flexibility index (Phi) is 5.64. The van der Waals surface area contributed by atoms with Crippen LogP contribution in [-0.4, -0.2) is 52.4 Å². The summed E-state index contributed by atoms with van der Waals surface area (Å²) in [6, 6.07) is 8.00. The quantitative estimate of drug-likeness (QED) is 0.845. The van der Waals surface area contributed by atoms with Crippen LogP contribution in [0, 0.1) is 5.92 Å². The number of hydrogen-bond acceptors (Lipinski definition) is 2. The van der Waals surface area contributed by atoms with Gasteiger partial charge in [-0.1, -0.05) is 32.0 Å². The van der Waals surface area contributed by atoms with E-state index in [-0.39, 0.29) is 17.7 Å². The molecule has 1 aromatic heterocycles. The Bertz CT molecular complexity index is 792. The maximum absolute atomic E-state index is 13.1. The van der Waals surface area contributed by atoms with Gasteiger partial charge < -0.3 is 14.4 Å². The molecular formula is C21H29N3O2. The molecule has 1 saturated heterocycles. The molecule has 2 amide bonds. The molecule has 0 N–H and O–H groups in total. The fourth-order valence-corrected chi connectivity index (χ4v) is 3.92. The van der Waals surface area contributed by atoms with Crippen molar-refractivity contribution in [1.82, 2.24) is 14.4 Å². The van der Waals surface area contributed by atoms with Crippen molar-refractivity contribution < 1.29 is 9.59 Å². The summed E-state index contributed by atoms with van der Waals surface area (Å²) < 4.78 is 2.00. The zero-order valence-corrected chi connectivity index (χ0v) is 16.1. The maximum atomic E-state index is 13.1. The molecule has 3 rings (SSSR count). The summed E-state index contributed by atoms with van der Waals surface area (Å²) in [5.74, 6) is 0.420. The summed E-state index contributed by atoms with van der Waals surface area (Å²) >= 11 is 0. The lowest BCUT2D eigenvalue weighted by molar-refractivity contribution is -0.135. The van der Waals surface area contributed by atoms with E-state index >= 15 is 0 Å². The van der Waals surface area contributed by atoms with E-state index in [0.29, 0.717) is 19.6 Å². The highest BCUT2D eigenvalue weighted by molar-refractivity contribution is 6.07. The van der Waals surface area contributed by atoms with Crippen LogP contribution in [-0.2, 0) is 11.8 Å². The van der Waals surface area contributed by atoms with Gasteiger partial charge in [-0.15, -0.1) is 0 Å². The van der Waals surface area contributed by atoms with Crippen LogP contribution in [0.1, 0.15) is 43.5 Å². The smallest absolute Gasteiger partial charge is 0.256 e. The van der Waals surface area contributed by atoms with Crippen LogP contribution in [0.4, 0.5) is 0 Å². The molecule has 2 heterocycles. The molecule has 0 spiro atoms. The number of hydrogen-bond donors (Lipinski definition) is 0. The molecule has 5 nitrogen and oxygen atoms in total. The molecule has 0 bridgehead atoms. The van der Waals surface area contributed by atoms with Crippen molar-refractivity contribution in [3.05, 3.63) is 36.0 Å². The summed E-state index contributed by atoms with van der Waals surface area (Å²) in [4.78, 5) is 29.6. The van der Waals surface area contributed by atoms with E-state index in [1.54, 1.807) is 0 Å². The second kappa shape index (κ2) is 7.94. The van der Waals surface area contributed by atoms with Gasteiger partial charge in [-0.25, -0.2) is 0 Å². The fourth-order valence-electron chi connectivity index (χ4n) is 3.92. The van der Waals surface area contributed by atoms with Gasteiger partial charge in [-0.2, -0.15) is 0 Å². The monoisotopic (exact) mass is 355 g/mol. The van der Waals surface area contributed by atoms with E-state index in [2.05, 4.69) is 13.8 Å². The first-order valence-corrected chi connectivity index (χ1v) is 9.68. The summed E-state index contributed by atoms with van der Waals surface area (Å²) in [5, 5.41) is 0.995. The average Bonchev–Trinajstić information content (AvgIpc) is 2.84. The minimum absolute atomic E-state index is 0.0682. The fraction of sp³-hybridized carbons (Fsp3) is 0.524. The first-order chi connectivity index (χ1) is 12.6. The summed E-state index contributed by atoms with van der Waals surface area (Å²) in [5.41, 5.74) is 1.82. The van der Waals surface area contributed by atoms with Gasteiger partial charge in [-0.05, 0) is 25.3 Å². The lowest BCUT2D eigenvalue weighted by atomic mass is 10.0. The van der Waals surface area contributed by atoms with Crippen LogP contribution in [0.2, 0.25) is 0 Å². The minimum Gasteiger partial charge on any atom is -0.350 e.